The van der Waals surface area contributed by atoms with E-state index in [1.165, 1.54) is 0 Å². The van der Waals surface area contributed by atoms with Gasteiger partial charge in [-0.1, -0.05) is 23.8 Å². The molecule has 0 N–H and O–H groups in total. The molecule has 1 rings (SSSR count). The smallest absolute Gasteiger partial charge is 0.320 e. The van der Waals surface area contributed by atoms with E-state index in [-0.39, 0.29) is 0 Å². The molecule has 0 bridgehead atoms. The monoisotopic (exact) mass is 284 g/mol. The highest BCUT2D eigenvalue weighted by molar-refractivity contribution is 7.92. The summed E-state index contributed by atoms with van der Waals surface area (Å²) in [7, 11) is -2.69. The molecule has 0 unspecified atom stereocenters. The van der Waals surface area contributed by atoms with E-state index in [0.29, 0.717) is 5.56 Å². The van der Waals surface area contributed by atoms with Crippen molar-refractivity contribution >= 4 is 21.6 Å². The van der Waals surface area contributed by atoms with Crippen LogP contribution in [0.4, 0.5) is 0 Å². The molecule has 0 radical (unpaired) electrons. The van der Waals surface area contributed by atoms with Gasteiger partial charge >= 0.3 is 5.97 Å². The molecule has 0 saturated carbocycles. The molecule has 0 spiro atoms. The van der Waals surface area contributed by atoms with Crippen LogP contribution in [0.25, 0.3) is 0 Å². The molecule has 104 valence electrons. The van der Waals surface area contributed by atoms with Crippen molar-refractivity contribution in [3.8, 4) is 0 Å². The molecule has 5 nitrogen and oxygen atoms in total. The first-order chi connectivity index (χ1) is 8.75. The number of hydrogen-bond donors (Lipinski definition) is 0. The molecule has 0 aliphatic carbocycles. The molecule has 0 atom stereocenters. The van der Waals surface area contributed by atoms with Gasteiger partial charge in [-0.2, -0.15) is 0 Å². The molecule has 6 heteroatoms. The van der Waals surface area contributed by atoms with E-state index in [0.717, 1.165) is 18.2 Å². The van der Waals surface area contributed by atoms with Crippen molar-refractivity contribution in [2.24, 2.45) is 0 Å². The lowest BCUT2D eigenvalue weighted by atomic mass is 10.0. The lowest BCUT2D eigenvalue weighted by Gasteiger charge is -2.06. The van der Waals surface area contributed by atoms with Crippen molar-refractivity contribution < 1.29 is 22.7 Å². The van der Waals surface area contributed by atoms with E-state index in [1.807, 2.05) is 6.92 Å². The van der Waals surface area contributed by atoms with Gasteiger partial charge in [0, 0.05) is 5.56 Å². The van der Waals surface area contributed by atoms with Gasteiger partial charge in [0.05, 0.1) is 7.11 Å². The van der Waals surface area contributed by atoms with Crippen LogP contribution in [0, 0.1) is 13.8 Å². The molecule has 0 aliphatic rings. The topological polar surface area (TPSA) is 77.5 Å². The summed E-state index contributed by atoms with van der Waals surface area (Å²) in [6.07, 6.45) is 0. The van der Waals surface area contributed by atoms with E-state index < -0.39 is 33.1 Å². The highest BCUT2D eigenvalue weighted by Crippen LogP contribution is 2.12. The number of ketones is 1. The summed E-state index contributed by atoms with van der Waals surface area (Å²) in [6.45, 7) is 3.63. The van der Waals surface area contributed by atoms with Gasteiger partial charge in [-0.05, 0) is 19.4 Å². The first-order valence-electron chi connectivity index (χ1n) is 5.63. The highest BCUT2D eigenvalue weighted by atomic mass is 32.2. The van der Waals surface area contributed by atoms with Crippen molar-refractivity contribution in [3.05, 3.63) is 34.9 Å². The Hall–Kier alpha value is -1.69. The number of hydrogen-bond acceptors (Lipinski definition) is 5. The summed E-state index contributed by atoms with van der Waals surface area (Å²) in [5.41, 5.74) is 2.07. The zero-order valence-corrected chi connectivity index (χ0v) is 11.9. The molecule has 19 heavy (non-hydrogen) atoms. The summed E-state index contributed by atoms with van der Waals surface area (Å²) in [4.78, 5) is 22.9. The van der Waals surface area contributed by atoms with Crippen LogP contribution >= 0.6 is 0 Å². The Balaban J connectivity index is 2.88. The fourth-order valence-electron chi connectivity index (χ4n) is 1.69. The molecular weight excluding hydrogens is 268 g/mol. The van der Waals surface area contributed by atoms with Gasteiger partial charge in [-0.3, -0.25) is 9.59 Å². The maximum Gasteiger partial charge on any atom is 0.320 e. The summed E-state index contributed by atoms with van der Waals surface area (Å²) in [5, 5.41) is 0. The summed E-state index contributed by atoms with van der Waals surface area (Å²) >= 11 is 0. The molecule has 0 aliphatic heterocycles. The molecule has 0 fully saturated rings. The van der Waals surface area contributed by atoms with Gasteiger partial charge in [0.15, 0.2) is 15.6 Å². The molecule has 0 heterocycles. The fraction of sp³-hybridized carbons (Fsp3) is 0.385. The van der Waals surface area contributed by atoms with Crippen LogP contribution in [-0.4, -0.2) is 38.8 Å². The second kappa shape index (κ2) is 5.97. The summed E-state index contributed by atoms with van der Waals surface area (Å²) < 4.78 is 27.6. The van der Waals surface area contributed by atoms with Gasteiger partial charge in [-0.15, -0.1) is 0 Å². The molecule has 1 aromatic carbocycles. The van der Waals surface area contributed by atoms with Crippen LogP contribution in [0.3, 0.4) is 0 Å². The minimum absolute atomic E-state index is 0.360. The van der Waals surface area contributed by atoms with Crippen molar-refractivity contribution in [3.63, 3.8) is 0 Å². The third-order valence-corrected chi connectivity index (χ3v) is 3.98. The number of benzene rings is 1. The lowest BCUT2D eigenvalue weighted by Crippen LogP contribution is -2.24. The van der Waals surface area contributed by atoms with E-state index in [1.54, 1.807) is 25.1 Å². The first kappa shape index (κ1) is 15.4. The Kier molecular flexibility index (Phi) is 4.83. The van der Waals surface area contributed by atoms with Crippen molar-refractivity contribution in [1.82, 2.24) is 0 Å². The van der Waals surface area contributed by atoms with E-state index in [2.05, 4.69) is 4.74 Å². The predicted octanol–water partition coefficient (Wildman–Crippen LogP) is 1.07. The first-order valence-corrected chi connectivity index (χ1v) is 7.45. The van der Waals surface area contributed by atoms with Gasteiger partial charge < -0.3 is 4.74 Å². The maximum atomic E-state index is 11.9. The number of methoxy groups -OCH3 is 1. The Morgan fingerprint density at radius 3 is 2.32 bits per heavy atom. The SMILES string of the molecule is COC(=O)CS(=O)(=O)CC(=O)c1ccc(C)cc1C. The Labute approximate surface area is 112 Å². The van der Waals surface area contributed by atoms with Crippen LogP contribution in [-0.2, 0) is 19.4 Å². The van der Waals surface area contributed by atoms with Crippen LogP contribution < -0.4 is 0 Å². The third-order valence-electron chi connectivity index (χ3n) is 2.60. The van der Waals surface area contributed by atoms with E-state index in [9.17, 15) is 18.0 Å². The molecule has 0 amide bonds. The predicted molar refractivity (Wildman–Crippen MR) is 70.9 cm³/mol. The standard InChI is InChI=1S/C13H16O5S/c1-9-4-5-11(10(2)6-9)12(14)7-19(16,17)8-13(15)18-3/h4-6H,7-8H2,1-3H3. The van der Waals surface area contributed by atoms with Crippen LogP contribution in [0.5, 0.6) is 0 Å². The van der Waals surface area contributed by atoms with E-state index in [4.69, 9.17) is 0 Å². The second-order valence-electron chi connectivity index (χ2n) is 4.35. The van der Waals surface area contributed by atoms with Gasteiger partial charge in [0.25, 0.3) is 0 Å². The number of carbonyl (C=O) groups is 2. The van der Waals surface area contributed by atoms with Gasteiger partial charge in [0.1, 0.15) is 11.5 Å². The molecule has 1 aromatic rings. The van der Waals surface area contributed by atoms with Crippen LogP contribution in [0.2, 0.25) is 0 Å². The number of carbonyl (C=O) groups excluding carboxylic acids is 2. The molecule has 0 aromatic heterocycles. The lowest BCUT2D eigenvalue weighted by molar-refractivity contribution is -0.137. The quantitative estimate of drug-likeness (QED) is 0.597. The highest BCUT2D eigenvalue weighted by Gasteiger charge is 2.22. The Morgan fingerprint density at radius 1 is 1.16 bits per heavy atom. The molecular formula is C13H16O5S. The zero-order valence-electron chi connectivity index (χ0n) is 11.1. The Bertz CT molecular complexity index is 601. The Morgan fingerprint density at radius 2 is 1.79 bits per heavy atom. The van der Waals surface area contributed by atoms with Crippen LogP contribution in [0.1, 0.15) is 21.5 Å². The van der Waals surface area contributed by atoms with Gasteiger partial charge in [0.2, 0.25) is 0 Å². The largest absolute Gasteiger partial charge is 0.468 e. The van der Waals surface area contributed by atoms with Crippen LogP contribution in [0.15, 0.2) is 18.2 Å². The minimum atomic E-state index is -3.79. The van der Waals surface area contributed by atoms with Gasteiger partial charge in [-0.25, -0.2) is 8.42 Å². The number of esters is 1. The molecule has 0 saturated heterocycles. The fourth-order valence-corrected chi connectivity index (χ4v) is 2.83. The number of aryl methyl sites for hydroxylation is 2. The van der Waals surface area contributed by atoms with Crippen molar-refractivity contribution in [2.75, 3.05) is 18.6 Å². The second-order valence-corrected chi connectivity index (χ2v) is 6.41. The number of rotatable bonds is 5. The normalized spacial score (nSPS) is 11.1. The summed E-state index contributed by atoms with van der Waals surface area (Å²) in [6, 6.07) is 5.15. The number of Topliss-reactive ketones (excluding diaryl/α,β-unsaturated/α-hetero) is 1. The number of sulfone groups is 1. The third kappa shape index (κ3) is 4.48. The van der Waals surface area contributed by atoms with E-state index >= 15 is 0 Å². The summed E-state index contributed by atoms with van der Waals surface area (Å²) in [5.74, 6) is -2.85. The number of ether oxygens (including phenoxy) is 1. The minimum Gasteiger partial charge on any atom is -0.468 e. The average Bonchev–Trinajstić information content (AvgIpc) is 2.26. The maximum absolute atomic E-state index is 11.9. The van der Waals surface area contributed by atoms with Crippen molar-refractivity contribution in [2.45, 2.75) is 13.8 Å². The average molecular weight is 284 g/mol. The van der Waals surface area contributed by atoms with Crippen molar-refractivity contribution in [1.29, 1.82) is 0 Å². The zero-order chi connectivity index (χ0) is 14.6.